The highest BCUT2D eigenvalue weighted by molar-refractivity contribution is 6.34. The normalized spacial score (nSPS) is 21.9. The Kier molecular flexibility index (Phi) is 12.4. The van der Waals surface area contributed by atoms with Gasteiger partial charge in [0, 0.05) is 112 Å². The van der Waals surface area contributed by atoms with Crippen LogP contribution in [0.1, 0.15) is 67.3 Å². The van der Waals surface area contributed by atoms with Gasteiger partial charge in [0.1, 0.15) is 28.6 Å². The van der Waals surface area contributed by atoms with Crippen LogP contribution in [0.25, 0.3) is 32.9 Å². The summed E-state index contributed by atoms with van der Waals surface area (Å²) in [6.07, 6.45) is 14.5. The van der Waals surface area contributed by atoms with Gasteiger partial charge in [-0.2, -0.15) is 9.97 Å². The van der Waals surface area contributed by atoms with E-state index in [0.29, 0.717) is 71.6 Å². The van der Waals surface area contributed by atoms with E-state index in [9.17, 15) is 19.5 Å². The molecule has 2 atom stereocenters. The number of aromatic nitrogens is 3. The molecule has 2 aromatic heterocycles. The van der Waals surface area contributed by atoms with Gasteiger partial charge in [-0.3, -0.25) is 24.8 Å². The van der Waals surface area contributed by atoms with Crippen LogP contribution >= 0.6 is 11.6 Å². The Morgan fingerprint density at radius 2 is 1.70 bits per heavy atom. The minimum atomic E-state index is -0.737. The number of pyridine rings is 1. The Labute approximate surface area is 409 Å². The van der Waals surface area contributed by atoms with Crippen molar-refractivity contribution in [3.05, 3.63) is 76.4 Å². The maximum atomic E-state index is 17.1. The summed E-state index contributed by atoms with van der Waals surface area (Å²) >= 11 is 6.43. The number of amides is 4. The summed E-state index contributed by atoms with van der Waals surface area (Å²) in [5, 5.41) is 18.2. The molecule has 5 aliphatic heterocycles. The molecule has 2 unspecified atom stereocenters. The smallest absolute Gasteiger partial charge is 0.328 e. The number of benzene rings is 3. The number of ether oxygens (including phenoxy) is 1. The van der Waals surface area contributed by atoms with Crippen LogP contribution in [-0.2, 0) is 4.79 Å². The number of hydrogen-bond acceptors (Lipinski definition) is 12. The first kappa shape index (κ1) is 46.2. The van der Waals surface area contributed by atoms with Crippen molar-refractivity contribution < 1.29 is 33.0 Å². The summed E-state index contributed by atoms with van der Waals surface area (Å²) in [6.45, 7) is 9.07. The molecule has 70 heavy (non-hydrogen) atoms. The van der Waals surface area contributed by atoms with Crippen molar-refractivity contribution in [2.24, 2.45) is 11.3 Å². The molecule has 4 amide bonds. The second-order valence-electron chi connectivity index (χ2n) is 20.1. The van der Waals surface area contributed by atoms with E-state index < -0.39 is 17.7 Å². The van der Waals surface area contributed by atoms with Gasteiger partial charge in [-0.05, 0) is 99.2 Å². The van der Waals surface area contributed by atoms with Gasteiger partial charge in [0.05, 0.1) is 28.3 Å². The van der Waals surface area contributed by atoms with Crippen LogP contribution in [0.4, 0.5) is 25.1 Å². The van der Waals surface area contributed by atoms with E-state index in [2.05, 4.69) is 36.2 Å². The van der Waals surface area contributed by atoms with Crippen molar-refractivity contribution in [3.63, 3.8) is 0 Å². The molecule has 2 bridgehead atoms. The first-order valence-corrected chi connectivity index (χ1v) is 24.9. The number of piperidine rings is 1. The van der Waals surface area contributed by atoms with Crippen LogP contribution in [0, 0.1) is 35.3 Å². The Hall–Kier alpha value is -6.19. The van der Waals surface area contributed by atoms with Crippen LogP contribution in [0.3, 0.4) is 0 Å². The zero-order valence-electron chi connectivity index (χ0n) is 38.9. The number of carbonyl (C=O) groups is 3. The molecule has 15 nitrogen and oxygen atoms in total. The van der Waals surface area contributed by atoms with Crippen LogP contribution in [0.2, 0.25) is 5.02 Å². The predicted octanol–water partition coefficient (Wildman–Crippen LogP) is 6.57. The number of nitrogens with zero attached hydrogens (tertiary/aromatic N) is 8. The zero-order valence-corrected chi connectivity index (χ0v) is 39.6. The van der Waals surface area contributed by atoms with Crippen LogP contribution < -0.4 is 25.2 Å². The highest BCUT2D eigenvalue weighted by Crippen LogP contribution is 2.47. The van der Waals surface area contributed by atoms with Gasteiger partial charge in [-0.25, -0.2) is 13.6 Å². The lowest BCUT2D eigenvalue weighted by Gasteiger charge is -2.38. The Bertz CT molecular complexity index is 2940. The molecular weight excluding hydrogens is 918 g/mol. The number of phenols is 1. The van der Waals surface area contributed by atoms with Crippen molar-refractivity contribution in [1.82, 2.24) is 40.3 Å². The molecule has 5 aromatic rings. The SMILES string of the molecule is C#Cc1c(F)ccc2cc(O)cc(-c3ncc4c(N5CC6CCC(C5)N6)nc(OCC5(CN6CCN(CCC7CCN(C(=O)c8ccc(Cl)c(N9CCC(=O)NC9=O)c8)CC7)CC6)CC5)nc4c3F)c12. The fourth-order valence-electron chi connectivity index (χ4n) is 11.2. The van der Waals surface area contributed by atoms with Crippen LogP contribution in [0.15, 0.2) is 48.7 Å². The van der Waals surface area contributed by atoms with Crippen molar-refractivity contribution >= 4 is 62.6 Å². The summed E-state index contributed by atoms with van der Waals surface area (Å²) in [5.41, 5.74) is 0.870. The molecule has 0 spiro atoms. The van der Waals surface area contributed by atoms with Crippen molar-refractivity contribution in [2.45, 2.75) is 63.5 Å². The van der Waals surface area contributed by atoms with E-state index in [1.807, 2.05) is 4.90 Å². The minimum Gasteiger partial charge on any atom is -0.508 e. The lowest BCUT2D eigenvalue weighted by molar-refractivity contribution is -0.120. The number of fused-ring (bicyclic) bond motifs is 4. The van der Waals surface area contributed by atoms with Gasteiger partial charge in [0.15, 0.2) is 5.82 Å². The minimum absolute atomic E-state index is 0.0321. The van der Waals surface area contributed by atoms with Crippen LogP contribution in [-0.4, -0.2) is 143 Å². The van der Waals surface area contributed by atoms with E-state index >= 15 is 8.78 Å². The number of aromatic hydroxyl groups is 1. The number of nitrogens with one attached hydrogen (secondary N) is 2. The van der Waals surface area contributed by atoms with Gasteiger partial charge in [-0.1, -0.05) is 23.6 Å². The largest absolute Gasteiger partial charge is 0.508 e. The number of carbonyl (C=O) groups excluding carboxylic acids is 3. The quantitative estimate of drug-likeness (QED) is 0.116. The maximum Gasteiger partial charge on any atom is 0.328 e. The zero-order chi connectivity index (χ0) is 48.3. The summed E-state index contributed by atoms with van der Waals surface area (Å²) in [7, 11) is 0. The fourth-order valence-corrected chi connectivity index (χ4v) is 11.5. The molecule has 6 fully saturated rings. The summed E-state index contributed by atoms with van der Waals surface area (Å²) < 4.78 is 38.6. The van der Waals surface area contributed by atoms with Gasteiger partial charge in [0.25, 0.3) is 5.91 Å². The molecule has 1 saturated carbocycles. The third-order valence-corrected chi connectivity index (χ3v) is 15.7. The van der Waals surface area contributed by atoms with E-state index in [1.165, 1.54) is 29.2 Å². The molecule has 0 radical (unpaired) electrons. The van der Waals surface area contributed by atoms with Crippen molar-refractivity contribution in [2.75, 3.05) is 88.4 Å². The number of rotatable bonds is 12. The molecule has 5 saturated heterocycles. The number of piperazine rings is 2. The number of urea groups is 1. The van der Waals surface area contributed by atoms with Crippen LogP contribution in [0.5, 0.6) is 11.8 Å². The topological polar surface area (TPSA) is 160 Å². The van der Waals surface area contributed by atoms with E-state index in [0.717, 1.165) is 84.2 Å². The first-order valence-electron chi connectivity index (χ1n) is 24.5. The number of imide groups is 1. The summed E-state index contributed by atoms with van der Waals surface area (Å²) in [5.74, 6) is 1.57. The van der Waals surface area contributed by atoms with Crippen molar-refractivity contribution in [3.8, 4) is 35.4 Å². The van der Waals surface area contributed by atoms with Gasteiger partial charge in [0.2, 0.25) is 5.91 Å². The number of phenolic OH excluding ortho intramolecular Hbond substituents is 1. The molecule has 3 N–H and O–H groups in total. The second-order valence-corrected chi connectivity index (χ2v) is 20.5. The predicted molar refractivity (Wildman–Crippen MR) is 262 cm³/mol. The molecule has 6 aliphatic rings. The lowest BCUT2D eigenvalue weighted by Crippen LogP contribution is -2.51. The molecular formula is C52H55ClF2N10O5. The van der Waals surface area contributed by atoms with E-state index in [-0.39, 0.29) is 81.8 Å². The molecule has 7 heterocycles. The Morgan fingerprint density at radius 3 is 2.43 bits per heavy atom. The van der Waals surface area contributed by atoms with Gasteiger partial charge < -0.3 is 34.8 Å². The monoisotopic (exact) mass is 972 g/mol. The van der Waals surface area contributed by atoms with E-state index in [4.69, 9.17) is 32.7 Å². The number of likely N-dealkylation sites (tertiary alicyclic amines) is 1. The number of halogens is 3. The van der Waals surface area contributed by atoms with Crippen molar-refractivity contribution in [1.29, 1.82) is 0 Å². The Morgan fingerprint density at radius 1 is 0.943 bits per heavy atom. The second kappa shape index (κ2) is 18.9. The molecule has 11 rings (SSSR count). The van der Waals surface area contributed by atoms with Gasteiger partial charge in [-0.15, -0.1) is 6.42 Å². The number of anilines is 2. The summed E-state index contributed by atoms with van der Waals surface area (Å²) in [6, 6.07) is 10.7. The number of terminal acetylenes is 1. The molecule has 364 valence electrons. The molecule has 18 heteroatoms. The highest BCUT2D eigenvalue weighted by Gasteiger charge is 2.46. The average molecular weight is 974 g/mol. The highest BCUT2D eigenvalue weighted by atomic mass is 35.5. The molecule has 1 aliphatic carbocycles. The standard InChI is InChI=1S/C52H55ClF2N10O5/c1-2-37-41(54)8-4-32-23-36(66)25-38(44(32)37)46-45(55)47-39(26-56-46)48(64-27-34-5-6-35(28-64)57-34)60-50(59-47)70-30-52(13-14-52)29-62-21-19-61(20-22-62)15-9-31-10-16-63(17-11-31)49(68)33-3-7-40(53)42(24-33)65-18-12-43(67)58-51(65)69/h1,3-4,7-8,23-26,31,34-35,57,66H,5-6,9-22,27-30H2,(H,58,67,69). The maximum absolute atomic E-state index is 17.1. The third kappa shape index (κ3) is 9.18. The third-order valence-electron chi connectivity index (χ3n) is 15.4. The summed E-state index contributed by atoms with van der Waals surface area (Å²) in [4.78, 5) is 62.4. The molecule has 3 aromatic carbocycles. The average Bonchev–Trinajstić information content (AvgIpc) is 4.05. The first-order chi connectivity index (χ1) is 33.9. The lowest BCUT2D eigenvalue weighted by atomic mass is 9.92. The Balaban J connectivity index is 0.712. The van der Waals surface area contributed by atoms with Gasteiger partial charge >= 0.3 is 12.0 Å². The fraction of sp³-hybridized carbons (Fsp3) is 0.462. The van der Waals surface area contributed by atoms with E-state index in [1.54, 1.807) is 24.4 Å². The number of hydrogen-bond donors (Lipinski definition) is 3.